The largest absolute Gasteiger partial charge is 0.444 e. The molecule has 1 atom stereocenters. The third kappa shape index (κ3) is 5.20. The van der Waals surface area contributed by atoms with Crippen LogP contribution >= 0.6 is 23.1 Å². The first-order valence-corrected chi connectivity index (χ1v) is 11.3. The molecule has 9 heteroatoms. The van der Waals surface area contributed by atoms with Gasteiger partial charge < -0.3 is 10.1 Å². The Labute approximate surface area is 190 Å². The lowest BCUT2D eigenvalue weighted by molar-refractivity contribution is 0.0113. The molecule has 3 aromatic rings. The number of halogens is 1. The van der Waals surface area contributed by atoms with Gasteiger partial charge in [-0.15, -0.1) is 0 Å². The quantitative estimate of drug-likeness (QED) is 0.608. The summed E-state index contributed by atoms with van der Waals surface area (Å²) < 4.78 is 9.84. The maximum absolute atomic E-state index is 12.9. The highest BCUT2D eigenvalue weighted by molar-refractivity contribution is 7.03. The molecule has 4 rings (SSSR count). The zero-order valence-corrected chi connectivity index (χ0v) is 19.2. The minimum Gasteiger partial charge on any atom is -0.444 e. The molecule has 0 aliphatic carbocycles. The van der Waals surface area contributed by atoms with E-state index in [1.807, 2.05) is 56.5 Å². The van der Waals surface area contributed by atoms with Crippen LogP contribution in [0.15, 0.2) is 41.9 Å². The smallest absolute Gasteiger partial charge is 0.410 e. The van der Waals surface area contributed by atoms with Crippen molar-refractivity contribution < 1.29 is 9.53 Å². The predicted molar refractivity (Wildman–Crippen MR) is 122 cm³/mol. The van der Waals surface area contributed by atoms with Crippen molar-refractivity contribution in [3.8, 4) is 22.6 Å². The van der Waals surface area contributed by atoms with Crippen molar-refractivity contribution in [2.24, 2.45) is 0 Å². The van der Waals surface area contributed by atoms with E-state index in [9.17, 15) is 4.79 Å². The van der Waals surface area contributed by atoms with E-state index in [2.05, 4.69) is 9.69 Å². The Kier molecular flexibility index (Phi) is 6.22. The van der Waals surface area contributed by atoms with Crippen LogP contribution in [0.2, 0.25) is 5.02 Å². The SMILES string of the molecule is CC(C)(C)OC(=O)N1CCNCC1c1cc(-c2ccc(Cl)cc2)nc(-c2cnsc2)n1. The van der Waals surface area contributed by atoms with Crippen LogP contribution in [0, 0.1) is 0 Å². The minimum atomic E-state index is -0.569. The summed E-state index contributed by atoms with van der Waals surface area (Å²) in [6, 6.07) is 9.17. The Hall–Kier alpha value is -2.55. The van der Waals surface area contributed by atoms with Crippen LogP contribution in [-0.2, 0) is 4.74 Å². The molecule has 1 unspecified atom stereocenters. The molecule has 1 N–H and O–H groups in total. The Morgan fingerprint density at radius 3 is 2.68 bits per heavy atom. The fourth-order valence-electron chi connectivity index (χ4n) is 3.36. The van der Waals surface area contributed by atoms with Gasteiger partial charge in [-0.25, -0.2) is 19.1 Å². The van der Waals surface area contributed by atoms with E-state index in [0.717, 1.165) is 22.5 Å². The van der Waals surface area contributed by atoms with Crippen molar-refractivity contribution >= 4 is 29.2 Å². The second-order valence-electron chi connectivity index (χ2n) is 8.32. The van der Waals surface area contributed by atoms with Crippen molar-refractivity contribution in [2.45, 2.75) is 32.4 Å². The molecule has 1 amide bonds. The van der Waals surface area contributed by atoms with Gasteiger partial charge in [0.25, 0.3) is 0 Å². The second kappa shape index (κ2) is 8.90. The summed E-state index contributed by atoms with van der Waals surface area (Å²) in [5.74, 6) is 0.575. The molecule has 0 radical (unpaired) electrons. The maximum atomic E-state index is 12.9. The number of amides is 1. The summed E-state index contributed by atoms with van der Waals surface area (Å²) in [4.78, 5) is 24.2. The van der Waals surface area contributed by atoms with Gasteiger partial charge >= 0.3 is 6.09 Å². The van der Waals surface area contributed by atoms with Crippen LogP contribution in [0.4, 0.5) is 4.79 Å². The van der Waals surface area contributed by atoms with Gasteiger partial charge in [-0.3, -0.25) is 4.90 Å². The summed E-state index contributed by atoms with van der Waals surface area (Å²) in [7, 11) is 0. The molecule has 162 valence electrons. The number of hydrogen-bond donors (Lipinski definition) is 1. The molecular weight excluding hydrogens is 434 g/mol. The van der Waals surface area contributed by atoms with Crippen molar-refractivity contribution in [2.75, 3.05) is 19.6 Å². The Morgan fingerprint density at radius 2 is 2.00 bits per heavy atom. The van der Waals surface area contributed by atoms with Crippen LogP contribution in [0.25, 0.3) is 22.6 Å². The first-order chi connectivity index (χ1) is 14.8. The number of nitrogens with zero attached hydrogens (tertiary/aromatic N) is 4. The van der Waals surface area contributed by atoms with E-state index in [4.69, 9.17) is 26.3 Å². The van der Waals surface area contributed by atoms with Crippen LogP contribution in [0.3, 0.4) is 0 Å². The van der Waals surface area contributed by atoms with Gasteiger partial charge in [0.15, 0.2) is 5.82 Å². The van der Waals surface area contributed by atoms with Gasteiger partial charge in [0, 0.05) is 41.2 Å². The average Bonchev–Trinajstić information content (AvgIpc) is 3.28. The molecule has 7 nitrogen and oxygen atoms in total. The second-order valence-corrected chi connectivity index (χ2v) is 9.41. The van der Waals surface area contributed by atoms with Gasteiger partial charge in [0.05, 0.1) is 23.6 Å². The predicted octanol–water partition coefficient (Wildman–Crippen LogP) is 4.80. The number of piperazine rings is 1. The lowest BCUT2D eigenvalue weighted by atomic mass is 10.1. The van der Waals surface area contributed by atoms with Gasteiger partial charge in [-0.05, 0) is 50.5 Å². The number of aromatic nitrogens is 3. The molecule has 0 saturated carbocycles. The van der Waals surface area contributed by atoms with E-state index in [-0.39, 0.29) is 12.1 Å². The Balaban J connectivity index is 1.76. The molecule has 1 aliphatic rings. The van der Waals surface area contributed by atoms with E-state index < -0.39 is 5.60 Å². The zero-order chi connectivity index (χ0) is 22.0. The number of nitrogens with one attached hydrogen (secondary N) is 1. The average molecular weight is 458 g/mol. The van der Waals surface area contributed by atoms with Crippen molar-refractivity contribution in [1.29, 1.82) is 0 Å². The summed E-state index contributed by atoms with van der Waals surface area (Å²) in [6.07, 6.45) is 1.41. The third-order valence-electron chi connectivity index (χ3n) is 4.79. The molecule has 3 heterocycles. The highest BCUT2D eigenvalue weighted by Gasteiger charge is 2.33. The van der Waals surface area contributed by atoms with E-state index >= 15 is 0 Å². The van der Waals surface area contributed by atoms with Gasteiger partial charge in [0.2, 0.25) is 0 Å². The summed E-state index contributed by atoms with van der Waals surface area (Å²) in [5, 5.41) is 5.94. The first kappa shape index (κ1) is 21.7. The van der Waals surface area contributed by atoms with Gasteiger partial charge in [0.1, 0.15) is 5.60 Å². The fraction of sp³-hybridized carbons (Fsp3) is 0.364. The molecule has 1 saturated heterocycles. The zero-order valence-electron chi connectivity index (χ0n) is 17.6. The first-order valence-electron chi connectivity index (χ1n) is 10.1. The van der Waals surface area contributed by atoms with Gasteiger partial charge in [-0.1, -0.05) is 23.7 Å². The lowest BCUT2D eigenvalue weighted by Gasteiger charge is -2.37. The minimum absolute atomic E-state index is 0.275. The molecule has 0 spiro atoms. The highest BCUT2D eigenvalue weighted by atomic mass is 35.5. The van der Waals surface area contributed by atoms with E-state index in [1.165, 1.54) is 11.5 Å². The number of carbonyl (C=O) groups is 1. The molecular formula is C22H24ClN5O2S. The molecule has 0 bridgehead atoms. The number of benzene rings is 1. The van der Waals surface area contributed by atoms with Gasteiger partial charge in [-0.2, -0.15) is 0 Å². The van der Waals surface area contributed by atoms with Crippen LogP contribution in [0.1, 0.15) is 32.5 Å². The topological polar surface area (TPSA) is 80.2 Å². The Morgan fingerprint density at radius 1 is 1.23 bits per heavy atom. The number of ether oxygens (including phenoxy) is 1. The molecule has 31 heavy (non-hydrogen) atoms. The maximum Gasteiger partial charge on any atom is 0.410 e. The van der Waals surface area contributed by atoms with Crippen molar-refractivity contribution in [3.63, 3.8) is 0 Å². The van der Waals surface area contributed by atoms with Crippen molar-refractivity contribution in [1.82, 2.24) is 24.6 Å². The lowest BCUT2D eigenvalue weighted by Crippen LogP contribution is -2.50. The molecule has 1 aromatic carbocycles. The number of carbonyl (C=O) groups excluding carboxylic acids is 1. The molecule has 1 aliphatic heterocycles. The summed E-state index contributed by atoms with van der Waals surface area (Å²) >= 11 is 7.41. The number of hydrogen-bond acceptors (Lipinski definition) is 7. The summed E-state index contributed by atoms with van der Waals surface area (Å²) in [6.45, 7) is 7.42. The van der Waals surface area contributed by atoms with Crippen LogP contribution in [0.5, 0.6) is 0 Å². The number of rotatable bonds is 3. The normalized spacial score (nSPS) is 16.9. The fourth-order valence-corrected chi connectivity index (χ4v) is 4.00. The van der Waals surface area contributed by atoms with E-state index in [0.29, 0.717) is 30.5 Å². The van der Waals surface area contributed by atoms with Crippen LogP contribution < -0.4 is 5.32 Å². The highest BCUT2D eigenvalue weighted by Crippen LogP contribution is 2.30. The van der Waals surface area contributed by atoms with Crippen molar-refractivity contribution in [3.05, 3.63) is 52.6 Å². The van der Waals surface area contributed by atoms with Crippen LogP contribution in [-0.4, -0.2) is 50.6 Å². The standard InChI is InChI=1S/C22H24ClN5O2S/c1-22(2,3)30-21(29)28-9-8-24-12-19(28)18-10-17(14-4-6-16(23)7-5-14)26-20(27-18)15-11-25-31-13-15/h4-7,10-11,13,19,24H,8-9,12H2,1-3H3. The van der Waals surface area contributed by atoms with E-state index in [1.54, 1.807) is 11.1 Å². The molecule has 2 aromatic heterocycles. The monoisotopic (exact) mass is 457 g/mol. The molecule has 1 fully saturated rings. The summed E-state index contributed by atoms with van der Waals surface area (Å²) in [5.41, 5.74) is 2.71. The third-order valence-corrected chi connectivity index (χ3v) is 5.63. The Bertz CT molecular complexity index is 1050.